The molecule has 0 aromatic rings. The minimum Gasteiger partial charge on any atom is -0.469 e. The van der Waals surface area contributed by atoms with E-state index in [1.165, 1.54) is 0 Å². The Morgan fingerprint density at radius 3 is 2.64 bits per heavy atom. The summed E-state index contributed by atoms with van der Waals surface area (Å²) in [6.07, 6.45) is -3.60. The number of hydrogen-bond donors (Lipinski definition) is 1. The minimum atomic E-state index is -4.39. The molecule has 0 unspecified atom stereocenters. The Labute approximate surface area is 79.6 Å². The molecule has 1 rings (SSSR count). The molecule has 0 spiro atoms. The van der Waals surface area contributed by atoms with Gasteiger partial charge < -0.3 is 10.1 Å². The number of hydrogen-bond acceptors (Lipinski definition) is 3. The second-order valence-corrected chi connectivity index (χ2v) is 3.25. The van der Waals surface area contributed by atoms with E-state index in [0.29, 0.717) is 6.42 Å². The summed E-state index contributed by atoms with van der Waals surface area (Å²) in [4.78, 5) is 11.1. The van der Waals surface area contributed by atoms with Crippen LogP contribution in [-0.2, 0) is 9.53 Å². The summed E-state index contributed by atoms with van der Waals surface area (Å²) in [6, 6.07) is -1.76. The van der Waals surface area contributed by atoms with Gasteiger partial charge in [-0.15, -0.1) is 0 Å². The smallest absolute Gasteiger partial charge is 0.404 e. The molecule has 1 aliphatic rings. The third-order valence-electron chi connectivity index (χ3n) is 2.32. The lowest BCUT2D eigenvalue weighted by atomic mass is 9.90. The number of nitrogens with one attached hydrogen (secondary N) is 1. The minimum absolute atomic E-state index is 0.226. The SMILES string of the molecule is COC(=O)[C@@H]1CCCN[C@@H]1C(F)(F)F. The number of esters is 1. The van der Waals surface area contributed by atoms with Crippen molar-refractivity contribution in [3.05, 3.63) is 0 Å². The molecule has 0 bridgehead atoms. The van der Waals surface area contributed by atoms with Crippen molar-refractivity contribution in [2.75, 3.05) is 13.7 Å². The van der Waals surface area contributed by atoms with Crippen molar-refractivity contribution < 1.29 is 22.7 Å². The van der Waals surface area contributed by atoms with Crippen molar-refractivity contribution >= 4 is 5.97 Å². The average Bonchev–Trinajstić information content (AvgIpc) is 2.15. The standard InChI is InChI=1S/C8H12F3NO2/c1-14-7(13)5-3-2-4-12-6(5)8(9,10)11/h5-6,12H,2-4H2,1H3/t5-,6+/m1/s1. The van der Waals surface area contributed by atoms with Gasteiger partial charge in [0.1, 0.15) is 6.04 Å². The van der Waals surface area contributed by atoms with E-state index in [9.17, 15) is 18.0 Å². The predicted octanol–water partition coefficient (Wildman–Crippen LogP) is 1.09. The van der Waals surface area contributed by atoms with Crippen LogP contribution in [0.5, 0.6) is 0 Å². The Morgan fingerprint density at radius 1 is 1.50 bits per heavy atom. The van der Waals surface area contributed by atoms with E-state index in [-0.39, 0.29) is 13.0 Å². The topological polar surface area (TPSA) is 38.3 Å². The van der Waals surface area contributed by atoms with Crippen LogP contribution in [0.1, 0.15) is 12.8 Å². The second-order valence-electron chi connectivity index (χ2n) is 3.25. The van der Waals surface area contributed by atoms with Gasteiger partial charge in [-0.05, 0) is 19.4 Å². The molecule has 14 heavy (non-hydrogen) atoms. The first kappa shape index (κ1) is 11.3. The van der Waals surface area contributed by atoms with Crippen LogP contribution >= 0.6 is 0 Å². The maximum atomic E-state index is 12.4. The Kier molecular flexibility index (Phi) is 3.36. The van der Waals surface area contributed by atoms with E-state index in [0.717, 1.165) is 7.11 Å². The predicted molar refractivity (Wildman–Crippen MR) is 42.6 cm³/mol. The summed E-state index contributed by atoms with van der Waals surface area (Å²) < 4.78 is 41.6. The van der Waals surface area contributed by atoms with Crippen molar-refractivity contribution in [3.63, 3.8) is 0 Å². The van der Waals surface area contributed by atoms with Crippen LogP contribution in [0.2, 0.25) is 0 Å². The zero-order valence-corrected chi connectivity index (χ0v) is 7.73. The van der Waals surface area contributed by atoms with Gasteiger partial charge in [-0.25, -0.2) is 0 Å². The first-order valence-corrected chi connectivity index (χ1v) is 4.34. The average molecular weight is 211 g/mol. The third kappa shape index (κ3) is 2.37. The molecule has 0 radical (unpaired) electrons. The number of halogens is 3. The molecule has 1 saturated heterocycles. The van der Waals surface area contributed by atoms with Crippen LogP contribution in [0.4, 0.5) is 13.2 Å². The summed E-state index contributed by atoms with van der Waals surface area (Å²) in [7, 11) is 1.10. The summed E-state index contributed by atoms with van der Waals surface area (Å²) in [5, 5.41) is 2.30. The largest absolute Gasteiger partial charge is 0.469 e. The molecule has 0 amide bonds. The van der Waals surface area contributed by atoms with Crippen molar-refractivity contribution in [1.29, 1.82) is 0 Å². The van der Waals surface area contributed by atoms with Crippen LogP contribution < -0.4 is 5.32 Å². The monoisotopic (exact) mass is 211 g/mol. The summed E-state index contributed by atoms with van der Waals surface area (Å²) >= 11 is 0. The van der Waals surface area contributed by atoms with Gasteiger partial charge in [0.2, 0.25) is 0 Å². The zero-order chi connectivity index (χ0) is 10.8. The zero-order valence-electron chi connectivity index (χ0n) is 7.73. The summed E-state index contributed by atoms with van der Waals surface area (Å²) in [6.45, 7) is 0.289. The number of piperidine rings is 1. The normalized spacial score (nSPS) is 28.6. The molecule has 0 aromatic carbocycles. The molecule has 1 heterocycles. The fourth-order valence-electron chi connectivity index (χ4n) is 1.64. The molecule has 2 atom stereocenters. The van der Waals surface area contributed by atoms with E-state index >= 15 is 0 Å². The Bertz CT molecular complexity index is 217. The first-order chi connectivity index (χ1) is 6.46. The van der Waals surface area contributed by atoms with Gasteiger partial charge >= 0.3 is 12.1 Å². The third-order valence-corrected chi connectivity index (χ3v) is 2.32. The van der Waals surface area contributed by atoms with Gasteiger partial charge in [-0.2, -0.15) is 13.2 Å². The van der Waals surface area contributed by atoms with E-state index in [1.807, 2.05) is 0 Å². The maximum Gasteiger partial charge on any atom is 0.404 e. The number of carbonyl (C=O) groups excluding carboxylic acids is 1. The molecule has 1 N–H and O–H groups in total. The van der Waals surface area contributed by atoms with Gasteiger partial charge in [-0.1, -0.05) is 0 Å². The van der Waals surface area contributed by atoms with Crippen LogP contribution in [0.15, 0.2) is 0 Å². The number of alkyl halides is 3. The highest BCUT2D eigenvalue weighted by atomic mass is 19.4. The highest BCUT2D eigenvalue weighted by Crippen LogP contribution is 2.31. The Balaban J connectivity index is 2.74. The fraction of sp³-hybridized carbons (Fsp3) is 0.875. The first-order valence-electron chi connectivity index (χ1n) is 4.34. The van der Waals surface area contributed by atoms with E-state index in [4.69, 9.17) is 0 Å². The quantitative estimate of drug-likeness (QED) is 0.660. The summed E-state index contributed by atoms with van der Waals surface area (Å²) in [5.74, 6) is -1.90. The lowest BCUT2D eigenvalue weighted by Gasteiger charge is -2.31. The molecular formula is C8H12F3NO2. The lowest BCUT2D eigenvalue weighted by Crippen LogP contribution is -2.53. The van der Waals surface area contributed by atoms with Gasteiger partial charge in [-0.3, -0.25) is 4.79 Å². The molecule has 82 valence electrons. The van der Waals surface area contributed by atoms with Crippen LogP contribution in [0.3, 0.4) is 0 Å². The Hall–Kier alpha value is -0.780. The van der Waals surface area contributed by atoms with E-state index in [1.54, 1.807) is 0 Å². The number of ether oxygens (including phenoxy) is 1. The van der Waals surface area contributed by atoms with Gasteiger partial charge in [0.25, 0.3) is 0 Å². The number of rotatable bonds is 1. The van der Waals surface area contributed by atoms with Crippen molar-refractivity contribution in [3.8, 4) is 0 Å². The van der Waals surface area contributed by atoms with Crippen molar-refractivity contribution in [2.24, 2.45) is 5.92 Å². The second kappa shape index (κ2) is 4.16. The van der Waals surface area contributed by atoms with Gasteiger partial charge in [0.15, 0.2) is 0 Å². The van der Waals surface area contributed by atoms with Crippen molar-refractivity contribution in [2.45, 2.75) is 25.1 Å². The molecule has 0 saturated carbocycles. The van der Waals surface area contributed by atoms with Gasteiger partial charge in [0, 0.05) is 0 Å². The molecule has 1 aliphatic heterocycles. The molecule has 1 fully saturated rings. The maximum absolute atomic E-state index is 12.4. The highest BCUT2D eigenvalue weighted by Gasteiger charge is 2.48. The highest BCUT2D eigenvalue weighted by molar-refractivity contribution is 5.73. The van der Waals surface area contributed by atoms with E-state index in [2.05, 4.69) is 10.1 Å². The molecule has 0 aliphatic carbocycles. The van der Waals surface area contributed by atoms with Gasteiger partial charge in [0.05, 0.1) is 13.0 Å². The molecule has 0 aromatic heterocycles. The van der Waals surface area contributed by atoms with Crippen LogP contribution in [0, 0.1) is 5.92 Å². The molecule has 6 heteroatoms. The fourth-order valence-corrected chi connectivity index (χ4v) is 1.64. The lowest BCUT2D eigenvalue weighted by molar-refractivity contribution is -0.184. The number of methoxy groups -OCH3 is 1. The molecular weight excluding hydrogens is 199 g/mol. The van der Waals surface area contributed by atoms with Crippen LogP contribution in [0.25, 0.3) is 0 Å². The summed E-state index contributed by atoms with van der Waals surface area (Å²) in [5.41, 5.74) is 0. The number of carbonyl (C=O) groups is 1. The van der Waals surface area contributed by atoms with E-state index < -0.39 is 24.1 Å². The molecule has 3 nitrogen and oxygen atoms in total. The Morgan fingerprint density at radius 2 is 2.14 bits per heavy atom. The van der Waals surface area contributed by atoms with Crippen LogP contribution in [-0.4, -0.2) is 31.8 Å². The van der Waals surface area contributed by atoms with Crippen molar-refractivity contribution in [1.82, 2.24) is 5.32 Å².